The van der Waals surface area contributed by atoms with Crippen LogP contribution in [-0.4, -0.2) is 11.6 Å². The van der Waals surface area contributed by atoms with E-state index in [4.69, 9.17) is 0 Å². The highest BCUT2D eigenvalue weighted by Gasteiger charge is 2.87. The zero-order chi connectivity index (χ0) is 8.19. The maximum Gasteiger partial charge on any atom is 0.0934 e. The molecule has 2 nitrogen and oxygen atoms in total. The van der Waals surface area contributed by atoms with Crippen molar-refractivity contribution in [2.75, 3.05) is 0 Å². The predicted molar refractivity (Wildman–Crippen MR) is 44.9 cm³/mol. The molecule has 3 atom stereocenters. The van der Waals surface area contributed by atoms with Crippen LogP contribution in [0.4, 0.5) is 0 Å². The minimum absolute atomic E-state index is 0.376. The Balaban J connectivity index is 1.81. The summed E-state index contributed by atoms with van der Waals surface area (Å²) in [4.78, 5) is 0. The summed E-state index contributed by atoms with van der Waals surface area (Å²) >= 11 is 0. The molecule has 0 bridgehead atoms. The molecule has 0 aromatic heterocycles. The van der Waals surface area contributed by atoms with Gasteiger partial charge in [-0.3, -0.25) is 0 Å². The second kappa shape index (κ2) is 1.19. The minimum atomic E-state index is 0.376. The highest BCUT2D eigenvalue weighted by Crippen LogP contribution is 2.85. The zero-order valence-corrected chi connectivity index (χ0v) is 7.67. The molecule has 0 unspecified atom stereocenters. The van der Waals surface area contributed by atoms with Crippen molar-refractivity contribution in [1.29, 1.82) is 0 Å². The number of fused-ring (bicyclic) bond motifs is 3. The molecule has 4 rings (SSSR count). The van der Waals surface area contributed by atoms with E-state index in [-0.39, 0.29) is 0 Å². The standard InChI is InChI=1S/C10H14N2/c1-8(2)6-7(8)11-12-10(6)5-9(10)3-4-9/h6-7H,3-5H2,1-2H3/t6-,7+,10-/m0/s1. The fraction of sp³-hybridized carbons (Fsp3) is 1.00. The largest absolute Gasteiger partial charge is 0.189 e. The third-order valence-corrected chi connectivity index (χ3v) is 4.90. The molecule has 3 saturated carbocycles. The van der Waals surface area contributed by atoms with Crippen LogP contribution in [-0.2, 0) is 0 Å². The van der Waals surface area contributed by atoms with E-state index >= 15 is 0 Å². The van der Waals surface area contributed by atoms with Crippen LogP contribution in [0.3, 0.4) is 0 Å². The summed E-state index contributed by atoms with van der Waals surface area (Å²) in [5, 5.41) is 8.98. The SMILES string of the molecule is CC1(C)[C@@H]2N=N[C@@]3(CC34CC4)[C@@H]21. The van der Waals surface area contributed by atoms with E-state index in [1.165, 1.54) is 19.3 Å². The first kappa shape index (κ1) is 6.11. The van der Waals surface area contributed by atoms with Crippen LogP contribution < -0.4 is 0 Å². The van der Waals surface area contributed by atoms with E-state index in [0.717, 1.165) is 5.92 Å². The van der Waals surface area contributed by atoms with Gasteiger partial charge < -0.3 is 0 Å². The van der Waals surface area contributed by atoms with Gasteiger partial charge in [-0.2, -0.15) is 10.2 Å². The van der Waals surface area contributed by atoms with E-state index in [1.54, 1.807) is 0 Å². The van der Waals surface area contributed by atoms with Gasteiger partial charge in [0, 0.05) is 11.3 Å². The van der Waals surface area contributed by atoms with Crippen molar-refractivity contribution < 1.29 is 0 Å². The molecule has 64 valence electrons. The summed E-state index contributed by atoms with van der Waals surface area (Å²) in [5.74, 6) is 0.826. The number of hydrogen-bond acceptors (Lipinski definition) is 2. The van der Waals surface area contributed by atoms with Crippen molar-refractivity contribution in [3.05, 3.63) is 0 Å². The molecule has 0 saturated heterocycles. The molecule has 3 fully saturated rings. The molecule has 2 heteroatoms. The highest BCUT2D eigenvalue weighted by atomic mass is 15.3. The third-order valence-electron chi connectivity index (χ3n) is 4.90. The van der Waals surface area contributed by atoms with Gasteiger partial charge in [0.1, 0.15) is 0 Å². The topological polar surface area (TPSA) is 24.7 Å². The van der Waals surface area contributed by atoms with Crippen LogP contribution in [0.15, 0.2) is 10.2 Å². The molecular formula is C10H14N2. The number of rotatable bonds is 0. The van der Waals surface area contributed by atoms with Crippen molar-refractivity contribution in [1.82, 2.24) is 0 Å². The molecule has 3 aliphatic carbocycles. The second-order valence-electron chi connectivity index (χ2n) is 5.84. The van der Waals surface area contributed by atoms with Gasteiger partial charge in [-0.1, -0.05) is 13.8 Å². The van der Waals surface area contributed by atoms with Gasteiger partial charge >= 0.3 is 0 Å². The summed E-state index contributed by atoms with van der Waals surface area (Å²) in [7, 11) is 0. The Labute approximate surface area is 72.4 Å². The molecule has 0 amide bonds. The first-order chi connectivity index (χ1) is 5.63. The van der Waals surface area contributed by atoms with Crippen molar-refractivity contribution >= 4 is 0 Å². The van der Waals surface area contributed by atoms with E-state index in [0.29, 0.717) is 22.4 Å². The lowest BCUT2D eigenvalue weighted by Gasteiger charge is -2.10. The van der Waals surface area contributed by atoms with Crippen LogP contribution in [0.25, 0.3) is 0 Å². The van der Waals surface area contributed by atoms with Crippen molar-refractivity contribution in [2.24, 2.45) is 27.0 Å². The average molecular weight is 162 g/mol. The van der Waals surface area contributed by atoms with Crippen molar-refractivity contribution in [3.8, 4) is 0 Å². The Morgan fingerprint density at radius 2 is 2.00 bits per heavy atom. The Bertz CT molecular complexity index is 314. The average Bonchev–Trinajstić information content (AvgIpc) is 2.85. The maximum atomic E-state index is 4.55. The highest BCUT2D eigenvalue weighted by molar-refractivity contribution is 5.40. The van der Waals surface area contributed by atoms with E-state index in [9.17, 15) is 0 Å². The van der Waals surface area contributed by atoms with E-state index in [2.05, 4.69) is 24.1 Å². The fourth-order valence-electron chi connectivity index (χ4n) is 3.74. The first-order valence-corrected chi connectivity index (χ1v) is 5.05. The predicted octanol–water partition coefficient (Wildman–Crippen LogP) is 2.40. The Hall–Kier alpha value is -0.400. The molecule has 2 spiro atoms. The molecule has 12 heavy (non-hydrogen) atoms. The van der Waals surface area contributed by atoms with Crippen LogP contribution in [0.2, 0.25) is 0 Å². The van der Waals surface area contributed by atoms with Gasteiger partial charge in [-0.25, -0.2) is 0 Å². The quantitative estimate of drug-likeness (QED) is 0.522. The van der Waals surface area contributed by atoms with Crippen LogP contribution in [0, 0.1) is 16.7 Å². The van der Waals surface area contributed by atoms with Crippen LogP contribution in [0.1, 0.15) is 33.1 Å². The molecule has 0 aromatic carbocycles. The Kier molecular flexibility index (Phi) is 0.609. The lowest BCUT2D eigenvalue weighted by molar-refractivity contribution is 0.418. The Morgan fingerprint density at radius 1 is 1.25 bits per heavy atom. The summed E-state index contributed by atoms with van der Waals surface area (Å²) < 4.78 is 0. The molecule has 1 aliphatic heterocycles. The fourth-order valence-corrected chi connectivity index (χ4v) is 3.74. The maximum absolute atomic E-state index is 4.55. The van der Waals surface area contributed by atoms with Gasteiger partial charge in [-0.05, 0) is 24.7 Å². The van der Waals surface area contributed by atoms with Gasteiger partial charge in [0.2, 0.25) is 0 Å². The summed E-state index contributed by atoms with van der Waals surface area (Å²) in [6, 6.07) is 0.595. The first-order valence-electron chi connectivity index (χ1n) is 5.05. The Morgan fingerprint density at radius 3 is 2.42 bits per heavy atom. The smallest absolute Gasteiger partial charge is 0.0934 e. The third kappa shape index (κ3) is 0.374. The normalized spacial score (nSPS) is 59.2. The van der Waals surface area contributed by atoms with Gasteiger partial charge in [0.15, 0.2) is 0 Å². The number of azo groups is 1. The summed E-state index contributed by atoms with van der Waals surface area (Å²) in [6.07, 6.45) is 4.24. The second-order valence-corrected chi connectivity index (χ2v) is 5.84. The zero-order valence-electron chi connectivity index (χ0n) is 7.67. The molecule has 0 aromatic rings. The van der Waals surface area contributed by atoms with Crippen molar-refractivity contribution in [3.63, 3.8) is 0 Å². The van der Waals surface area contributed by atoms with E-state index in [1.807, 2.05) is 0 Å². The molecular weight excluding hydrogens is 148 g/mol. The molecule has 0 N–H and O–H groups in total. The van der Waals surface area contributed by atoms with Crippen LogP contribution in [0.5, 0.6) is 0 Å². The summed E-state index contributed by atoms with van der Waals surface area (Å²) in [5.41, 5.74) is 1.55. The number of nitrogens with zero attached hydrogens (tertiary/aromatic N) is 2. The van der Waals surface area contributed by atoms with Crippen LogP contribution >= 0.6 is 0 Å². The summed E-state index contributed by atoms with van der Waals surface area (Å²) in [6.45, 7) is 4.72. The van der Waals surface area contributed by atoms with Gasteiger partial charge in [-0.15, -0.1) is 0 Å². The van der Waals surface area contributed by atoms with Gasteiger partial charge in [0.25, 0.3) is 0 Å². The van der Waals surface area contributed by atoms with Gasteiger partial charge in [0.05, 0.1) is 11.6 Å². The monoisotopic (exact) mass is 162 g/mol. The minimum Gasteiger partial charge on any atom is -0.189 e. The van der Waals surface area contributed by atoms with E-state index < -0.39 is 0 Å². The lowest BCUT2D eigenvalue weighted by atomic mass is 10.00. The molecule has 0 radical (unpaired) electrons. The molecule has 1 heterocycles. The lowest BCUT2D eigenvalue weighted by Crippen LogP contribution is -2.14. The van der Waals surface area contributed by atoms with Crippen molar-refractivity contribution in [2.45, 2.75) is 44.7 Å². The number of hydrogen-bond donors (Lipinski definition) is 0. The molecule has 4 aliphatic rings.